The number of amides is 3. The smallest absolute Gasteiger partial charge is 0.336 e. The van der Waals surface area contributed by atoms with Crippen LogP contribution in [0.25, 0.3) is 0 Å². The Labute approximate surface area is 121 Å². The van der Waals surface area contributed by atoms with Crippen molar-refractivity contribution < 1.29 is 19.5 Å². The van der Waals surface area contributed by atoms with Crippen molar-refractivity contribution in [2.24, 2.45) is 0 Å². The summed E-state index contributed by atoms with van der Waals surface area (Å²) >= 11 is 0. The lowest BCUT2D eigenvalue weighted by Gasteiger charge is -2.13. The molecule has 112 valence electrons. The summed E-state index contributed by atoms with van der Waals surface area (Å²) in [6, 6.07) is 3.57. The number of benzene rings is 1. The van der Waals surface area contributed by atoms with Gasteiger partial charge in [0.2, 0.25) is 5.91 Å². The summed E-state index contributed by atoms with van der Waals surface area (Å²) in [6.07, 6.45) is 0.566. The van der Waals surface area contributed by atoms with E-state index in [0.29, 0.717) is 24.2 Å². The van der Waals surface area contributed by atoms with Crippen LogP contribution in [0.15, 0.2) is 18.2 Å². The van der Waals surface area contributed by atoms with Crippen molar-refractivity contribution in [1.82, 2.24) is 10.2 Å². The molecule has 1 aliphatic heterocycles. The van der Waals surface area contributed by atoms with Gasteiger partial charge in [0.1, 0.15) is 6.04 Å². The van der Waals surface area contributed by atoms with E-state index in [2.05, 4.69) is 10.6 Å². The van der Waals surface area contributed by atoms with Crippen molar-refractivity contribution in [2.45, 2.75) is 19.4 Å². The number of rotatable bonds is 3. The number of nitrogens with one attached hydrogen (secondary N) is 2. The average Bonchev–Trinajstić information content (AvgIpc) is 2.72. The number of carbonyl (C=O) groups is 3. The summed E-state index contributed by atoms with van der Waals surface area (Å²) in [4.78, 5) is 36.1. The fraction of sp³-hybridized carbons (Fsp3) is 0.357. The number of carbonyl (C=O) groups excluding carboxylic acids is 2. The molecule has 1 aromatic rings. The molecule has 1 unspecified atom stereocenters. The van der Waals surface area contributed by atoms with E-state index in [0.717, 1.165) is 0 Å². The van der Waals surface area contributed by atoms with Crippen LogP contribution in [0.5, 0.6) is 0 Å². The predicted molar refractivity (Wildman–Crippen MR) is 76.3 cm³/mol. The van der Waals surface area contributed by atoms with E-state index < -0.39 is 18.0 Å². The summed E-state index contributed by atoms with van der Waals surface area (Å²) in [5.41, 5.74) is 1.11. The lowest BCUT2D eigenvalue weighted by molar-refractivity contribution is -0.128. The lowest BCUT2D eigenvalue weighted by atomic mass is 10.1. The fourth-order valence-electron chi connectivity index (χ4n) is 2.21. The van der Waals surface area contributed by atoms with Gasteiger partial charge in [0.15, 0.2) is 0 Å². The molecule has 21 heavy (non-hydrogen) atoms. The van der Waals surface area contributed by atoms with E-state index >= 15 is 0 Å². The average molecular weight is 291 g/mol. The SMILES string of the molecule is Cc1ccc(NC(=O)NC2CCN(C)C2=O)cc1C(=O)O. The largest absolute Gasteiger partial charge is 0.478 e. The van der Waals surface area contributed by atoms with Crippen LogP contribution in [0.3, 0.4) is 0 Å². The van der Waals surface area contributed by atoms with Crippen molar-refractivity contribution in [2.75, 3.05) is 18.9 Å². The maximum absolute atomic E-state index is 11.8. The van der Waals surface area contributed by atoms with E-state index in [1.165, 1.54) is 6.07 Å². The number of hydrogen-bond acceptors (Lipinski definition) is 3. The van der Waals surface area contributed by atoms with Gasteiger partial charge in [-0.15, -0.1) is 0 Å². The minimum atomic E-state index is -1.05. The first-order valence-corrected chi connectivity index (χ1v) is 6.55. The molecule has 0 spiro atoms. The third kappa shape index (κ3) is 3.31. The highest BCUT2D eigenvalue weighted by Crippen LogP contribution is 2.16. The summed E-state index contributed by atoms with van der Waals surface area (Å²) in [7, 11) is 1.68. The topological polar surface area (TPSA) is 98.7 Å². The molecule has 0 aliphatic carbocycles. The number of aromatic carboxylic acids is 1. The normalized spacial score (nSPS) is 17.7. The number of likely N-dealkylation sites (tertiary alicyclic amines) is 1. The van der Waals surface area contributed by atoms with Gasteiger partial charge in [0.05, 0.1) is 5.56 Å². The molecule has 3 amide bonds. The molecule has 1 atom stereocenters. The van der Waals surface area contributed by atoms with E-state index in [1.54, 1.807) is 31.0 Å². The minimum absolute atomic E-state index is 0.125. The minimum Gasteiger partial charge on any atom is -0.478 e. The Kier molecular flexibility index (Phi) is 4.11. The van der Waals surface area contributed by atoms with Gasteiger partial charge < -0.3 is 20.6 Å². The molecule has 2 rings (SSSR count). The summed E-state index contributed by atoms with van der Waals surface area (Å²) in [5.74, 6) is -1.18. The number of aryl methyl sites for hydroxylation is 1. The molecule has 3 N–H and O–H groups in total. The molecule has 0 bridgehead atoms. The third-order valence-electron chi connectivity index (χ3n) is 3.46. The van der Waals surface area contributed by atoms with Crippen molar-refractivity contribution in [3.63, 3.8) is 0 Å². The first-order valence-electron chi connectivity index (χ1n) is 6.55. The summed E-state index contributed by atoms with van der Waals surface area (Å²) in [5, 5.41) is 14.2. The zero-order chi connectivity index (χ0) is 15.6. The molecular weight excluding hydrogens is 274 g/mol. The van der Waals surface area contributed by atoms with Crippen LogP contribution in [0.4, 0.5) is 10.5 Å². The van der Waals surface area contributed by atoms with E-state index in [4.69, 9.17) is 5.11 Å². The van der Waals surface area contributed by atoms with Crippen LogP contribution in [-0.2, 0) is 4.79 Å². The Bertz CT molecular complexity index is 600. The monoisotopic (exact) mass is 291 g/mol. The van der Waals surface area contributed by atoms with E-state index in [1.807, 2.05) is 0 Å². The molecule has 1 heterocycles. The number of hydrogen-bond donors (Lipinski definition) is 3. The number of nitrogens with zero attached hydrogens (tertiary/aromatic N) is 1. The second kappa shape index (κ2) is 5.82. The fourth-order valence-corrected chi connectivity index (χ4v) is 2.21. The van der Waals surface area contributed by atoms with Crippen molar-refractivity contribution in [3.05, 3.63) is 29.3 Å². The van der Waals surface area contributed by atoms with Crippen LogP contribution in [0.1, 0.15) is 22.3 Å². The van der Waals surface area contributed by atoms with Gasteiger partial charge in [-0.05, 0) is 31.0 Å². The van der Waals surface area contributed by atoms with Crippen molar-refractivity contribution in [3.8, 4) is 0 Å². The third-order valence-corrected chi connectivity index (χ3v) is 3.46. The molecule has 1 saturated heterocycles. The van der Waals surface area contributed by atoms with Crippen molar-refractivity contribution >= 4 is 23.6 Å². The Hall–Kier alpha value is -2.57. The Morgan fingerprint density at radius 1 is 1.38 bits per heavy atom. The Morgan fingerprint density at radius 3 is 2.67 bits per heavy atom. The van der Waals surface area contributed by atoms with Gasteiger partial charge >= 0.3 is 12.0 Å². The zero-order valence-corrected chi connectivity index (χ0v) is 11.8. The van der Waals surface area contributed by atoms with E-state index in [9.17, 15) is 14.4 Å². The molecule has 0 aromatic heterocycles. The molecular formula is C14H17N3O4. The number of anilines is 1. The van der Waals surface area contributed by atoms with Gasteiger partial charge in [-0.25, -0.2) is 9.59 Å². The quantitative estimate of drug-likeness (QED) is 0.775. The van der Waals surface area contributed by atoms with Crippen LogP contribution in [0.2, 0.25) is 0 Å². The van der Waals surface area contributed by atoms with Gasteiger partial charge in [0, 0.05) is 19.3 Å². The number of likely N-dealkylation sites (N-methyl/N-ethyl adjacent to an activating group) is 1. The predicted octanol–water partition coefficient (Wildman–Crippen LogP) is 1.05. The first kappa shape index (κ1) is 14.8. The van der Waals surface area contributed by atoms with Gasteiger partial charge in [-0.1, -0.05) is 6.07 Å². The number of urea groups is 1. The second-order valence-corrected chi connectivity index (χ2v) is 5.03. The molecule has 0 radical (unpaired) electrons. The maximum atomic E-state index is 11.8. The number of carboxylic acids is 1. The lowest BCUT2D eigenvalue weighted by Crippen LogP contribution is -2.42. The highest BCUT2D eigenvalue weighted by atomic mass is 16.4. The van der Waals surface area contributed by atoms with Crippen LogP contribution in [0, 0.1) is 6.92 Å². The highest BCUT2D eigenvalue weighted by molar-refractivity contribution is 5.96. The van der Waals surface area contributed by atoms with Gasteiger partial charge in [0.25, 0.3) is 0 Å². The van der Waals surface area contributed by atoms with Crippen LogP contribution in [-0.4, -0.2) is 47.5 Å². The van der Waals surface area contributed by atoms with Crippen LogP contribution < -0.4 is 10.6 Å². The number of carboxylic acid groups (broad SMARTS) is 1. The first-order chi connectivity index (χ1) is 9.88. The highest BCUT2D eigenvalue weighted by Gasteiger charge is 2.30. The van der Waals surface area contributed by atoms with Crippen LogP contribution >= 0.6 is 0 Å². The summed E-state index contributed by atoms with van der Waals surface area (Å²) < 4.78 is 0. The van der Waals surface area contributed by atoms with Crippen molar-refractivity contribution in [1.29, 1.82) is 0 Å². The molecule has 1 aliphatic rings. The molecule has 7 nitrogen and oxygen atoms in total. The molecule has 1 fully saturated rings. The molecule has 7 heteroatoms. The van der Waals surface area contributed by atoms with Gasteiger partial charge in [-0.3, -0.25) is 4.79 Å². The van der Waals surface area contributed by atoms with E-state index in [-0.39, 0.29) is 11.5 Å². The molecule has 0 saturated carbocycles. The molecule has 1 aromatic carbocycles. The standard InChI is InChI=1S/C14H17N3O4/c1-8-3-4-9(7-10(8)13(19)20)15-14(21)16-11-5-6-17(2)12(11)18/h3-4,7,11H,5-6H2,1-2H3,(H,19,20)(H2,15,16,21). The maximum Gasteiger partial charge on any atom is 0.336 e. The second-order valence-electron chi connectivity index (χ2n) is 5.03. The Balaban J connectivity index is 2.02. The Morgan fingerprint density at radius 2 is 2.10 bits per heavy atom. The van der Waals surface area contributed by atoms with Gasteiger partial charge in [-0.2, -0.15) is 0 Å². The zero-order valence-electron chi connectivity index (χ0n) is 11.8. The summed E-state index contributed by atoms with van der Waals surface area (Å²) in [6.45, 7) is 2.29.